The number of rotatable bonds is 4. The van der Waals surface area contributed by atoms with Crippen LogP contribution in [0.5, 0.6) is 5.75 Å². The van der Waals surface area contributed by atoms with Gasteiger partial charge in [-0.05, 0) is 60.0 Å². The molecule has 35 heavy (non-hydrogen) atoms. The topological polar surface area (TPSA) is 92.8 Å². The first-order valence-electron chi connectivity index (χ1n) is 11.0. The van der Waals surface area contributed by atoms with Gasteiger partial charge in [-0.1, -0.05) is 18.2 Å². The molecule has 0 unspecified atom stereocenters. The third-order valence-corrected chi connectivity index (χ3v) is 7.13. The Bertz CT molecular complexity index is 1420. The highest BCUT2D eigenvalue weighted by molar-refractivity contribution is 7.90. The molecule has 1 heterocycles. The molecule has 0 aromatic heterocycles. The van der Waals surface area contributed by atoms with Crippen LogP contribution in [0.25, 0.3) is 11.1 Å². The van der Waals surface area contributed by atoms with Gasteiger partial charge >= 0.3 is 0 Å². The maximum absolute atomic E-state index is 14.7. The number of ether oxygens (including phenoxy) is 1. The van der Waals surface area contributed by atoms with Crippen molar-refractivity contribution in [1.82, 2.24) is 10.2 Å². The van der Waals surface area contributed by atoms with E-state index < -0.39 is 26.5 Å². The summed E-state index contributed by atoms with van der Waals surface area (Å²) in [6.45, 7) is 2.20. The van der Waals surface area contributed by atoms with Crippen LogP contribution in [0.2, 0.25) is 0 Å². The highest BCUT2D eigenvalue weighted by Crippen LogP contribution is 2.31. The van der Waals surface area contributed by atoms with E-state index in [1.165, 1.54) is 13.0 Å². The van der Waals surface area contributed by atoms with Gasteiger partial charge in [-0.15, -0.1) is 0 Å². The number of nitrogens with zero attached hydrogens (tertiary/aromatic N) is 1. The summed E-state index contributed by atoms with van der Waals surface area (Å²) in [7, 11) is -2.18. The second-order valence-corrected chi connectivity index (χ2v) is 10.4. The van der Waals surface area contributed by atoms with Crippen molar-refractivity contribution in [2.24, 2.45) is 0 Å². The van der Waals surface area contributed by atoms with E-state index in [4.69, 9.17) is 4.74 Å². The summed E-state index contributed by atoms with van der Waals surface area (Å²) in [5.74, 6) is -0.829. The minimum Gasteiger partial charge on any atom is -0.491 e. The van der Waals surface area contributed by atoms with Crippen LogP contribution in [0, 0.1) is 12.7 Å². The van der Waals surface area contributed by atoms with Gasteiger partial charge in [0.25, 0.3) is 11.8 Å². The smallest absolute Gasteiger partial charge is 0.254 e. The number of carbonyl (C=O) groups excluding carboxylic acids is 2. The molecule has 0 spiro atoms. The first kappa shape index (κ1) is 24.4. The fourth-order valence-electron chi connectivity index (χ4n) is 4.05. The van der Waals surface area contributed by atoms with E-state index in [1.54, 1.807) is 24.1 Å². The maximum Gasteiger partial charge on any atom is 0.254 e. The zero-order valence-corrected chi connectivity index (χ0v) is 20.4. The number of nitrogens with one attached hydrogen (secondary N) is 1. The number of halogens is 1. The van der Waals surface area contributed by atoms with E-state index in [1.807, 2.05) is 30.3 Å². The lowest BCUT2D eigenvalue weighted by molar-refractivity contribution is 0.0731. The summed E-state index contributed by atoms with van der Waals surface area (Å²) >= 11 is 0. The molecule has 3 aromatic carbocycles. The van der Waals surface area contributed by atoms with Crippen LogP contribution in [0.4, 0.5) is 4.39 Å². The summed E-state index contributed by atoms with van der Waals surface area (Å²) < 4.78 is 44.2. The number of benzene rings is 3. The molecule has 0 saturated carbocycles. The lowest BCUT2D eigenvalue weighted by atomic mass is 10.0. The lowest BCUT2D eigenvalue weighted by Gasteiger charge is -2.21. The molecule has 9 heteroatoms. The SMILES string of the molecule is CNC(=O)c1ccc(-c2ccc3c(c2)CN(C(=O)c2ccc(S(C)(=O)=O)c(F)c2C)CCO3)cc1. The van der Waals surface area contributed by atoms with Crippen molar-refractivity contribution >= 4 is 21.7 Å². The molecule has 0 aliphatic carbocycles. The number of carbonyl (C=O) groups is 2. The number of hydrogen-bond donors (Lipinski definition) is 1. The zero-order valence-electron chi connectivity index (χ0n) is 19.6. The molecule has 4 rings (SSSR count). The Hall–Kier alpha value is -3.72. The summed E-state index contributed by atoms with van der Waals surface area (Å²) in [5.41, 5.74) is 3.24. The number of amides is 2. The van der Waals surface area contributed by atoms with Crippen molar-refractivity contribution in [3.63, 3.8) is 0 Å². The molecule has 3 aromatic rings. The molecular weight excluding hydrogens is 471 g/mol. The van der Waals surface area contributed by atoms with Crippen molar-refractivity contribution in [1.29, 1.82) is 0 Å². The van der Waals surface area contributed by atoms with Gasteiger partial charge in [0.05, 0.1) is 6.54 Å². The second-order valence-electron chi connectivity index (χ2n) is 8.38. The van der Waals surface area contributed by atoms with Crippen molar-refractivity contribution in [3.8, 4) is 16.9 Å². The van der Waals surface area contributed by atoms with Crippen LogP contribution in [-0.2, 0) is 16.4 Å². The molecule has 1 aliphatic rings. The molecule has 0 fully saturated rings. The van der Waals surface area contributed by atoms with E-state index in [0.29, 0.717) is 17.9 Å². The predicted octanol–water partition coefficient (Wildman–Crippen LogP) is 3.60. The van der Waals surface area contributed by atoms with Crippen molar-refractivity contribution in [3.05, 3.63) is 82.7 Å². The van der Waals surface area contributed by atoms with Gasteiger partial charge in [0.2, 0.25) is 0 Å². The molecule has 0 atom stereocenters. The van der Waals surface area contributed by atoms with Gasteiger partial charge in [-0.3, -0.25) is 9.59 Å². The molecule has 1 N–H and O–H groups in total. The van der Waals surface area contributed by atoms with Gasteiger partial charge in [0, 0.05) is 36.5 Å². The van der Waals surface area contributed by atoms with Gasteiger partial charge in [-0.2, -0.15) is 0 Å². The van der Waals surface area contributed by atoms with Crippen LogP contribution in [0.3, 0.4) is 0 Å². The van der Waals surface area contributed by atoms with E-state index in [9.17, 15) is 22.4 Å². The largest absolute Gasteiger partial charge is 0.491 e. The number of sulfone groups is 1. The monoisotopic (exact) mass is 496 g/mol. The average molecular weight is 497 g/mol. The third kappa shape index (κ3) is 4.90. The van der Waals surface area contributed by atoms with Crippen LogP contribution in [0.15, 0.2) is 59.5 Å². The Balaban J connectivity index is 1.63. The molecule has 182 valence electrons. The van der Waals surface area contributed by atoms with Crippen LogP contribution >= 0.6 is 0 Å². The third-order valence-electron chi connectivity index (χ3n) is 6.02. The van der Waals surface area contributed by atoms with Crippen LogP contribution < -0.4 is 10.1 Å². The zero-order chi connectivity index (χ0) is 25.3. The fourth-order valence-corrected chi connectivity index (χ4v) is 4.85. The molecule has 0 radical (unpaired) electrons. The number of hydrogen-bond acceptors (Lipinski definition) is 5. The van der Waals surface area contributed by atoms with E-state index in [-0.39, 0.29) is 30.2 Å². The van der Waals surface area contributed by atoms with E-state index >= 15 is 0 Å². The molecular formula is C26H25FN2O5S. The predicted molar refractivity (Wildman–Crippen MR) is 130 cm³/mol. The summed E-state index contributed by atoms with van der Waals surface area (Å²) in [6.07, 6.45) is 0.930. The highest BCUT2D eigenvalue weighted by Gasteiger charge is 2.26. The van der Waals surface area contributed by atoms with Gasteiger partial charge in [0.1, 0.15) is 23.1 Å². The van der Waals surface area contributed by atoms with Gasteiger partial charge < -0.3 is 15.0 Å². The van der Waals surface area contributed by atoms with Crippen molar-refractivity contribution in [2.75, 3.05) is 26.5 Å². The quantitative estimate of drug-likeness (QED) is 0.596. The summed E-state index contributed by atoms with van der Waals surface area (Å²) in [5, 5.41) is 2.59. The average Bonchev–Trinajstić information content (AvgIpc) is 3.06. The van der Waals surface area contributed by atoms with Crippen LogP contribution in [0.1, 0.15) is 31.8 Å². The van der Waals surface area contributed by atoms with Crippen molar-refractivity contribution < 1.29 is 27.1 Å². The first-order valence-corrected chi connectivity index (χ1v) is 12.9. The molecule has 0 bridgehead atoms. The standard InChI is InChI=1S/C26H25FN2O5S/c1-16-21(9-11-23(24(16)27)35(3,32)33)26(31)29-12-13-34-22-10-8-19(14-20(22)15-29)17-4-6-18(7-5-17)25(30)28-2/h4-11,14H,12-13,15H2,1-3H3,(H,28,30). The van der Waals surface area contributed by atoms with E-state index in [0.717, 1.165) is 29.0 Å². The maximum atomic E-state index is 14.7. The minimum absolute atomic E-state index is 0.00623. The minimum atomic E-state index is -3.75. The molecule has 2 amide bonds. The lowest BCUT2D eigenvalue weighted by Crippen LogP contribution is -2.33. The fraction of sp³-hybridized carbons (Fsp3) is 0.231. The summed E-state index contributed by atoms with van der Waals surface area (Å²) in [6, 6.07) is 15.3. The Labute approximate surface area is 203 Å². The molecule has 0 saturated heterocycles. The Kier molecular flexibility index (Phi) is 6.62. The summed E-state index contributed by atoms with van der Waals surface area (Å²) in [4.78, 5) is 26.2. The Morgan fingerprint density at radius 1 is 1.03 bits per heavy atom. The molecule has 1 aliphatic heterocycles. The Morgan fingerprint density at radius 3 is 2.37 bits per heavy atom. The normalized spacial score (nSPS) is 13.4. The van der Waals surface area contributed by atoms with Gasteiger partial charge in [0.15, 0.2) is 9.84 Å². The Morgan fingerprint density at radius 2 is 1.71 bits per heavy atom. The first-order chi connectivity index (χ1) is 16.6. The van der Waals surface area contributed by atoms with Crippen LogP contribution in [-0.4, -0.2) is 51.6 Å². The van der Waals surface area contributed by atoms with E-state index in [2.05, 4.69) is 5.32 Å². The highest BCUT2D eigenvalue weighted by atomic mass is 32.2. The van der Waals surface area contributed by atoms with Gasteiger partial charge in [-0.25, -0.2) is 12.8 Å². The second kappa shape index (κ2) is 9.50. The number of fused-ring (bicyclic) bond motifs is 1. The molecule has 7 nitrogen and oxygen atoms in total. The van der Waals surface area contributed by atoms with Crippen molar-refractivity contribution in [2.45, 2.75) is 18.4 Å².